The number of nitrogens with one attached hydrogen (secondary N) is 2. The summed E-state index contributed by atoms with van der Waals surface area (Å²) in [6, 6.07) is 6.48. The Balaban J connectivity index is 2.10. The lowest BCUT2D eigenvalue weighted by Crippen LogP contribution is -2.10. The maximum Gasteiger partial charge on any atom is 0.222 e. The summed E-state index contributed by atoms with van der Waals surface area (Å²) in [7, 11) is -3.58. The van der Waals surface area contributed by atoms with E-state index in [1.807, 2.05) is 33.0 Å². The molecule has 0 aliphatic heterocycles. The third kappa shape index (κ3) is 5.82. The summed E-state index contributed by atoms with van der Waals surface area (Å²) in [5.41, 5.74) is 1.86. The number of sulfone groups is 1. The molecule has 0 unspecified atom stereocenters. The first-order valence-electron chi connectivity index (χ1n) is 10.0. The fourth-order valence-electron chi connectivity index (χ4n) is 2.91. The maximum absolute atomic E-state index is 12.2. The lowest BCUT2D eigenvalue weighted by molar-refractivity contribution is -0.114. The van der Waals surface area contributed by atoms with Gasteiger partial charge in [-0.2, -0.15) is 5.10 Å². The van der Waals surface area contributed by atoms with Crippen molar-refractivity contribution in [3.8, 4) is 17.0 Å². The molecule has 0 radical (unpaired) electrons. The molecule has 3 aromatic rings. The Hall–Kier alpha value is -3.47. The van der Waals surface area contributed by atoms with Gasteiger partial charge in [0.1, 0.15) is 17.4 Å². The Morgan fingerprint density at radius 2 is 1.97 bits per heavy atom. The molecule has 0 fully saturated rings. The van der Waals surface area contributed by atoms with Gasteiger partial charge in [-0.1, -0.05) is 0 Å². The highest BCUT2D eigenvalue weighted by Gasteiger charge is 2.16. The molecule has 0 aliphatic carbocycles. The first-order valence-corrected chi connectivity index (χ1v) is 11.9. The molecule has 170 valence electrons. The van der Waals surface area contributed by atoms with Crippen LogP contribution in [-0.2, 0) is 21.2 Å². The molecule has 0 saturated carbocycles. The van der Waals surface area contributed by atoms with Crippen molar-refractivity contribution in [3.63, 3.8) is 0 Å². The normalized spacial score (nSPS) is 11.4. The van der Waals surface area contributed by atoms with Gasteiger partial charge in [0.2, 0.25) is 5.91 Å². The van der Waals surface area contributed by atoms with Crippen molar-refractivity contribution in [2.45, 2.75) is 45.4 Å². The number of amides is 1. The van der Waals surface area contributed by atoms with Crippen LogP contribution in [0.1, 0.15) is 27.7 Å². The topological polar surface area (TPSA) is 128 Å². The highest BCUT2D eigenvalue weighted by molar-refractivity contribution is 7.90. The van der Waals surface area contributed by atoms with E-state index in [9.17, 15) is 13.2 Å². The van der Waals surface area contributed by atoms with Gasteiger partial charge in [0, 0.05) is 55.9 Å². The van der Waals surface area contributed by atoms with Gasteiger partial charge in [0.05, 0.1) is 17.5 Å². The molecule has 1 amide bonds. The number of hydrogen-bond acceptors (Lipinski definition) is 8. The monoisotopic (exact) mass is 458 g/mol. The summed E-state index contributed by atoms with van der Waals surface area (Å²) in [4.78, 5) is 20.0. The number of aromatic nitrogens is 4. The third-order valence-electron chi connectivity index (χ3n) is 4.24. The van der Waals surface area contributed by atoms with E-state index in [0.29, 0.717) is 35.1 Å². The lowest BCUT2D eigenvalue weighted by atomic mass is 10.1. The molecule has 10 nitrogen and oxygen atoms in total. The molecule has 2 N–H and O–H groups in total. The Kier molecular flexibility index (Phi) is 6.78. The lowest BCUT2D eigenvalue weighted by Gasteiger charge is -2.15. The van der Waals surface area contributed by atoms with Crippen LogP contribution in [0.2, 0.25) is 0 Å². The molecule has 11 heteroatoms. The summed E-state index contributed by atoms with van der Waals surface area (Å²) in [5, 5.41) is 10.2. The fraction of sp³-hybridized carbons (Fsp3) is 0.333. The molecule has 0 atom stereocenters. The Bertz CT molecular complexity index is 1240. The minimum Gasteiger partial charge on any atom is -0.491 e. The average molecular weight is 459 g/mol. The van der Waals surface area contributed by atoms with Crippen molar-refractivity contribution in [1.82, 2.24) is 19.7 Å². The molecule has 3 aromatic heterocycles. The molecule has 3 heterocycles. The van der Waals surface area contributed by atoms with Crippen LogP contribution >= 0.6 is 0 Å². The number of carbonyl (C=O) groups is 1. The number of aryl methyl sites for hydroxylation is 1. The van der Waals surface area contributed by atoms with Crippen LogP contribution in [0.25, 0.3) is 11.3 Å². The molecule has 32 heavy (non-hydrogen) atoms. The van der Waals surface area contributed by atoms with E-state index in [4.69, 9.17) is 4.74 Å². The van der Waals surface area contributed by atoms with Gasteiger partial charge in [-0.3, -0.25) is 9.48 Å². The van der Waals surface area contributed by atoms with Crippen molar-refractivity contribution < 1.29 is 17.9 Å². The van der Waals surface area contributed by atoms with E-state index in [0.717, 1.165) is 6.26 Å². The molecule has 0 saturated heterocycles. The second-order valence-corrected chi connectivity index (χ2v) is 9.41. The minimum atomic E-state index is -3.58. The van der Waals surface area contributed by atoms with E-state index in [2.05, 4.69) is 25.7 Å². The van der Waals surface area contributed by atoms with E-state index >= 15 is 0 Å². The van der Waals surface area contributed by atoms with Gasteiger partial charge in [-0.15, -0.1) is 0 Å². The Morgan fingerprint density at radius 1 is 1.22 bits per heavy atom. The van der Waals surface area contributed by atoms with Crippen molar-refractivity contribution in [1.29, 1.82) is 0 Å². The zero-order chi connectivity index (χ0) is 23.5. The zero-order valence-corrected chi connectivity index (χ0v) is 19.4. The van der Waals surface area contributed by atoms with E-state index in [-0.39, 0.29) is 22.9 Å². The maximum atomic E-state index is 12.2. The number of ether oxygens (including phenoxy) is 1. The van der Waals surface area contributed by atoms with Gasteiger partial charge in [-0.25, -0.2) is 18.4 Å². The first kappa shape index (κ1) is 23.2. The zero-order valence-electron chi connectivity index (χ0n) is 18.6. The molecule has 3 rings (SSSR count). The van der Waals surface area contributed by atoms with Crippen LogP contribution in [0, 0.1) is 0 Å². The van der Waals surface area contributed by atoms with Crippen LogP contribution in [0.4, 0.5) is 17.3 Å². The van der Waals surface area contributed by atoms with Crippen molar-refractivity contribution >= 4 is 33.1 Å². The standard InChI is InChI=1S/C21H26N6O4S/c1-6-27-8-7-17(26-27)16-12-22-19(23-14(4)28)11-18(16)24-20-9-15(31-13(2)3)10-21(25-20)32(5,29)30/h7-13H,6H2,1-5H3,(H2,22,23,24,25,28). The first-order chi connectivity index (χ1) is 15.0. The summed E-state index contributed by atoms with van der Waals surface area (Å²) in [5.74, 6) is 0.693. The molecular formula is C21H26N6O4S. The smallest absolute Gasteiger partial charge is 0.222 e. The van der Waals surface area contributed by atoms with Crippen molar-refractivity contribution in [3.05, 3.63) is 36.7 Å². The number of carbonyl (C=O) groups excluding carboxylic acids is 1. The Labute approximate surface area is 187 Å². The molecular weight excluding hydrogens is 432 g/mol. The molecule has 0 bridgehead atoms. The minimum absolute atomic E-state index is 0.119. The van der Waals surface area contributed by atoms with E-state index < -0.39 is 9.84 Å². The van der Waals surface area contributed by atoms with Crippen molar-refractivity contribution in [2.24, 2.45) is 0 Å². The second kappa shape index (κ2) is 9.35. The van der Waals surface area contributed by atoms with Crippen LogP contribution in [0.3, 0.4) is 0 Å². The van der Waals surface area contributed by atoms with Crippen LogP contribution < -0.4 is 15.4 Å². The summed E-state index contributed by atoms with van der Waals surface area (Å²) in [6.45, 7) is 7.76. The quantitative estimate of drug-likeness (QED) is 0.526. The van der Waals surface area contributed by atoms with Gasteiger partial charge in [-0.05, 0) is 26.8 Å². The van der Waals surface area contributed by atoms with Crippen molar-refractivity contribution in [2.75, 3.05) is 16.9 Å². The molecule has 0 aromatic carbocycles. The summed E-state index contributed by atoms with van der Waals surface area (Å²) < 4.78 is 31.8. The van der Waals surface area contributed by atoms with E-state index in [1.54, 1.807) is 23.0 Å². The number of nitrogens with zero attached hydrogens (tertiary/aromatic N) is 4. The van der Waals surface area contributed by atoms with Crippen LogP contribution in [-0.4, -0.2) is 46.4 Å². The van der Waals surface area contributed by atoms with Gasteiger partial charge in [0.15, 0.2) is 14.9 Å². The number of anilines is 3. The molecule has 0 spiro atoms. The SMILES string of the molecule is CCn1ccc(-c2cnc(NC(C)=O)cc2Nc2cc(OC(C)C)cc(S(C)(=O)=O)n2)n1. The predicted octanol–water partition coefficient (Wildman–Crippen LogP) is 3.25. The Morgan fingerprint density at radius 3 is 2.56 bits per heavy atom. The third-order valence-corrected chi connectivity index (χ3v) is 5.21. The highest BCUT2D eigenvalue weighted by atomic mass is 32.2. The van der Waals surface area contributed by atoms with Crippen LogP contribution in [0.15, 0.2) is 41.7 Å². The summed E-state index contributed by atoms with van der Waals surface area (Å²) in [6.07, 6.45) is 4.36. The van der Waals surface area contributed by atoms with Gasteiger partial charge >= 0.3 is 0 Å². The second-order valence-electron chi connectivity index (χ2n) is 7.44. The van der Waals surface area contributed by atoms with Gasteiger partial charge in [0.25, 0.3) is 0 Å². The highest BCUT2D eigenvalue weighted by Crippen LogP contribution is 2.32. The number of hydrogen-bond donors (Lipinski definition) is 2. The number of pyridine rings is 2. The summed E-state index contributed by atoms with van der Waals surface area (Å²) >= 11 is 0. The predicted molar refractivity (Wildman–Crippen MR) is 122 cm³/mol. The largest absolute Gasteiger partial charge is 0.491 e. The molecule has 0 aliphatic rings. The number of rotatable bonds is 8. The van der Waals surface area contributed by atoms with Gasteiger partial charge < -0.3 is 15.4 Å². The van der Waals surface area contributed by atoms with Crippen LogP contribution in [0.5, 0.6) is 5.75 Å². The fourth-order valence-corrected chi connectivity index (χ4v) is 3.50. The van der Waals surface area contributed by atoms with E-state index in [1.165, 1.54) is 13.0 Å². The average Bonchev–Trinajstić information content (AvgIpc) is 3.15.